The van der Waals surface area contributed by atoms with Crippen molar-refractivity contribution in [2.75, 3.05) is 55.3 Å². The Morgan fingerprint density at radius 1 is 1.15 bits per heavy atom. The third-order valence-electron chi connectivity index (χ3n) is 6.27. The molecule has 3 aromatic rings. The Kier molecular flexibility index (Phi) is 6.11. The zero-order chi connectivity index (χ0) is 23.7. The number of rotatable bonds is 6. The molecular formula is C22H28N8O3S. The third-order valence-corrected chi connectivity index (χ3v) is 7.74. The molecule has 0 spiro atoms. The number of hydrogen-bond donors (Lipinski definition) is 2. The highest BCUT2D eigenvalue weighted by Crippen LogP contribution is 2.29. The highest BCUT2D eigenvalue weighted by Gasteiger charge is 2.29. The van der Waals surface area contributed by atoms with Crippen LogP contribution < -0.4 is 16.0 Å². The summed E-state index contributed by atoms with van der Waals surface area (Å²) in [6.45, 7) is 7.46. The molecular weight excluding hydrogens is 456 g/mol. The predicted octanol–water partition coefficient (Wildman–Crippen LogP) is 2.10. The molecule has 4 heterocycles. The number of nitrogens with zero attached hydrogens (tertiary/aromatic N) is 6. The number of ether oxygens (including phenoxy) is 1. The molecule has 0 radical (unpaired) electrons. The fourth-order valence-electron chi connectivity index (χ4n) is 4.45. The fraction of sp³-hybridized carbons (Fsp3) is 0.409. The van der Waals surface area contributed by atoms with Crippen molar-refractivity contribution >= 4 is 44.3 Å². The summed E-state index contributed by atoms with van der Waals surface area (Å²) in [6.07, 6.45) is 3.20. The maximum atomic E-state index is 12.3. The highest BCUT2D eigenvalue weighted by molar-refractivity contribution is 7.92. The molecule has 1 unspecified atom stereocenters. The summed E-state index contributed by atoms with van der Waals surface area (Å²) in [5.74, 6) is 0.625. The molecule has 0 amide bonds. The van der Waals surface area contributed by atoms with Gasteiger partial charge in [0.05, 0.1) is 25.6 Å². The molecule has 1 aromatic carbocycles. The Morgan fingerprint density at radius 3 is 2.65 bits per heavy atom. The third kappa shape index (κ3) is 4.43. The zero-order valence-corrected chi connectivity index (χ0v) is 19.6. The molecule has 0 aliphatic carbocycles. The smallest absolute Gasteiger partial charge is 0.235 e. The Balaban J connectivity index is 1.38. The Labute approximate surface area is 198 Å². The monoisotopic (exact) mass is 484 g/mol. The molecule has 2 aliphatic rings. The van der Waals surface area contributed by atoms with Gasteiger partial charge in [0.15, 0.2) is 11.5 Å². The number of imidazole rings is 1. The number of nitrogen functional groups attached to an aromatic ring is 1. The minimum atomic E-state index is -3.48. The number of fused-ring (bicyclic) bond motifs is 1. The molecule has 3 N–H and O–H groups in total. The van der Waals surface area contributed by atoms with Gasteiger partial charge in [-0.15, -0.1) is 0 Å². The maximum absolute atomic E-state index is 12.3. The van der Waals surface area contributed by atoms with Gasteiger partial charge in [0.2, 0.25) is 16.0 Å². The molecule has 180 valence electrons. The summed E-state index contributed by atoms with van der Waals surface area (Å²) < 4.78 is 33.3. The Hall–Kier alpha value is -3.22. The molecule has 11 nitrogen and oxygen atoms in total. The first-order chi connectivity index (χ1) is 16.4. The van der Waals surface area contributed by atoms with Gasteiger partial charge in [0, 0.05) is 43.0 Å². The molecule has 2 aliphatic heterocycles. The van der Waals surface area contributed by atoms with E-state index in [2.05, 4.69) is 43.9 Å². The van der Waals surface area contributed by atoms with Crippen LogP contribution in [0, 0.1) is 0 Å². The second-order valence-corrected chi connectivity index (χ2v) is 10.3. The first kappa shape index (κ1) is 22.6. The minimum Gasteiger partial charge on any atom is -0.382 e. The van der Waals surface area contributed by atoms with Gasteiger partial charge < -0.3 is 25.3 Å². The number of aromatic nitrogens is 4. The summed E-state index contributed by atoms with van der Waals surface area (Å²) in [6, 6.07) is 7.95. The number of nitrogens with one attached hydrogen (secondary N) is 1. The molecule has 34 heavy (non-hydrogen) atoms. The van der Waals surface area contributed by atoms with Crippen molar-refractivity contribution in [1.29, 1.82) is 0 Å². The van der Waals surface area contributed by atoms with Gasteiger partial charge in [0.1, 0.15) is 5.52 Å². The lowest BCUT2D eigenvalue weighted by molar-refractivity contribution is 0.122. The lowest BCUT2D eigenvalue weighted by Crippen LogP contribution is -2.39. The van der Waals surface area contributed by atoms with E-state index in [0.717, 1.165) is 55.9 Å². The number of sulfonamides is 1. The van der Waals surface area contributed by atoms with Crippen LogP contribution in [0.25, 0.3) is 11.2 Å². The second-order valence-electron chi connectivity index (χ2n) is 8.39. The lowest BCUT2D eigenvalue weighted by atomic mass is 10.1. The first-order valence-corrected chi connectivity index (χ1v) is 12.8. The molecule has 0 saturated carbocycles. The van der Waals surface area contributed by atoms with E-state index in [1.165, 1.54) is 4.31 Å². The molecule has 5 rings (SSSR count). The topological polar surface area (TPSA) is 132 Å². The van der Waals surface area contributed by atoms with Crippen molar-refractivity contribution in [1.82, 2.24) is 23.8 Å². The summed E-state index contributed by atoms with van der Waals surface area (Å²) >= 11 is 0. The van der Waals surface area contributed by atoms with Crippen LogP contribution >= 0.6 is 0 Å². The normalized spacial score (nSPS) is 19.9. The summed E-state index contributed by atoms with van der Waals surface area (Å²) in [5.41, 5.74) is 9.23. The van der Waals surface area contributed by atoms with Crippen molar-refractivity contribution in [3.63, 3.8) is 0 Å². The van der Waals surface area contributed by atoms with Crippen molar-refractivity contribution < 1.29 is 13.2 Å². The highest BCUT2D eigenvalue weighted by atomic mass is 32.2. The van der Waals surface area contributed by atoms with E-state index >= 15 is 0 Å². The van der Waals surface area contributed by atoms with Gasteiger partial charge >= 0.3 is 0 Å². The van der Waals surface area contributed by atoms with E-state index in [-0.39, 0.29) is 11.9 Å². The molecule has 12 heteroatoms. The number of anilines is 4. The standard InChI is InChI=1S/C22H28N8O3S/c1-2-34(31,32)29-9-3-4-18(14-29)30-15-24-19-20(23)26-22(27-21(19)30)25-16-5-7-17(8-6-16)28-10-12-33-13-11-28/h2,5-8,15,18H,1,3-4,9-14H2,(H3,23,25,26,27). The SMILES string of the molecule is C=CS(=O)(=O)N1CCCC(n2cnc3c(N)nc(Nc4ccc(N5CCOCC5)cc4)nc32)C1. The van der Waals surface area contributed by atoms with Gasteiger partial charge in [-0.25, -0.2) is 13.4 Å². The summed E-state index contributed by atoms with van der Waals surface area (Å²) in [7, 11) is -3.48. The number of benzene rings is 1. The van der Waals surface area contributed by atoms with E-state index in [4.69, 9.17) is 10.5 Å². The average molecular weight is 485 g/mol. The molecule has 1 atom stereocenters. The second kappa shape index (κ2) is 9.20. The fourth-order valence-corrected chi connectivity index (χ4v) is 5.43. The zero-order valence-electron chi connectivity index (χ0n) is 18.8. The van der Waals surface area contributed by atoms with Gasteiger partial charge in [0.25, 0.3) is 0 Å². The van der Waals surface area contributed by atoms with Crippen molar-refractivity contribution in [3.8, 4) is 0 Å². The van der Waals surface area contributed by atoms with E-state index in [9.17, 15) is 8.42 Å². The number of piperidine rings is 1. The molecule has 2 saturated heterocycles. The summed E-state index contributed by atoms with van der Waals surface area (Å²) in [4.78, 5) is 15.7. The van der Waals surface area contributed by atoms with Crippen LogP contribution in [-0.2, 0) is 14.8 Å². The van der Waals surface area contributed by atoms with E-state index in [0.29, 0.717) is 30.2 Å². The lowest BCUT2D eigenvalue weighted by Gasteiger charge is -2.31. The van der Waals surface area contributed by atoms with E-state index in [1.54, 1.807) is 6.33 Å². The van der Waals surface area contributed by atoms with Crippen LogP contribution in [-0.4, -0.2) is 71.6 Å². The van der Waals surface area contributed by atoms with Crippen molar-refractivity contribution in [2.45, 2.75) is 18.9 Å². The van der Waals surface area contributed by atoms with Crippen molar-refractivity contribution in [2.24, 2.45) is 0 Å². The molecule has 2 fully saturated rings. The predicted molar refractivity (Wildman–Crippen MR) is 131 cm³/mol. The van der Waals surface area contributed by atoms with E-state index < -0.39 is 10.0 Å². The Bertz CT molecular complexity index is 1290. The quantitative estimate of drug-likeness (QED) is 0.540. The van der Waals surface area contributed by atoms with Gasteiger partial charge in [-0.3, -0.25) is 0 Å². The molecule has 0 bridgehead atoms. The average Bonchev–Trinajstić information content (AvgIpc) is 3.30. The maximum Gasteiger partial charge on any atom is 0.235 e. The minimum absolute atomic E-state index is 0.108. The number of morpholine rings is 1. The van der Waals surface area contributed by atoms with Crippen LogP contribution in [0.15, 0.2) is 42.6 Å². The number of nitrogens with two attached hydrogens (primary N) is 1. The number of hydrogen-bond acceptors (Lipinski definition) is 9. The van der Waals surface area contributed by atoms with Gasteiger partial charge in [-0.05, 0) is 37.1 Å². The van der Waals surface area contributed by atoms with Crippen LogP contribution in [0.4, 0.5) is 23.1 Å². The Morgan fingerprint density at radius 2 is 1.91 bits per heavy atom. The van der Waals surface area contributed by atoms with Crippen LogP contribution in [0.1, 0.15) is 18.9 Å². The van der Waals surface area contributed by atoms with Gasteiger partial charge in [-0.1, -0.05) is 6.58 Å². The van der Waals surface area contributed by atoms with Crippen LogP contribution in [0.3, 0.4) is 0 Å². The van der Waals surface area contributed by atoms with Gasteiger partial charge in [-0.2, -0.15) is 14.3 Å². The molecule has 2 aromatic heterocycles. The summed E-state index contributed by atoms with van der Waals surface area (Å²) in [5, 5.41) is 4.22. The van der Waals surface area contributed by atoms with Crippen molar-refractivity contribution in [3.05, 3.63) is 42.6 Å². The van der Waals surface area contributed by atoms with E-state index in [1.807, 2.05) is 16.7 Å². The van der Waals surface area contributed by atoms with Crippen LogP contribution in [0.2, 0.25) is 0 Å². The first-order valence-electron chi connectivity index (χ1n) is 11.3. The largest absolute Gasteiger partial charge is 0.382 e. The van der Waals surface area contributed by atoms with Crippen LogP contribution in [0.5, 0.6) is 0 Å².